The number of rotatable bonds is 2. The first-order valence-corrected chi connectivity index (χ1v) is 4.09. The molecule has 0 saturated carbocycles. The SMILES string of the molecule is CCNN1C=CN(C)C1.F[B-](F)(F)F. The monoisotopic (exact) mass is 214 g/mol. The highest BCUT2D eigenvalue weighted by Crippen LogP contribution is 2.06. The summed E-state index contributed by atoms with van der Waals surface area (Å²) in [6, 6.07) is 0. The molecule has 0 aliphatic carbocycles. The summed E-state index contributed by atoms with van der Waals surface area (Å²) in [4.78, 5) is 2.11. The topological polar surface area (TPSA) is 18.5 Å². The minimum absolute atomic E-state index is 0.952. The second-order valence-electron chi connectivity index (χ2n) is 2.67. The molecule has 1 heterocycles. The van der Waals surface area contributed by atoms with E-state index in [-0.39, 0.29) is 0 Å². The summed E-state index contributed by atoms with van der Waals surface area (Å²) < 4.78 is 39.0. The largest absolute Gasteiger partial charge is 0.673 e. The van der Waals surface area contributed by atoms with Crippen LogP contribution in [0.15, 0.2) is 12.4 Å². The Morgan fingerprint density at radius 1 is 1.29 bits per heavy atom. The average Bonchev–Trinajstić information content (AvgIpc) is 2.32. The molecule has 84 valence electrons. The van der Waals surface area contributed by atoms with Crippen LogP contribution in [0.2, 0.25) is 0 Å². The molecule has 14 heavy (non-hydrogen) atoms. The maximum atomic E-state index is 9.75. The zero-order chi connectivity index (χ0) is 11.2. The lowest BCUT2D eigenvalue weighted by Crippen LogP contribution is -2.34. The highest BCUT2D eigenvalue weighted by molar-refractivity contribution is 6.50. The standard InChI is InChI=1S/C6H13N3.BF4/c1-3-7-9-5-4-8(2)6-9;2-1(3,4)5/h4-5,7H,3,6H2,1-2H3;/q;-1. The summed E-state index contributed by atoms with van der Waals surface area (Å²) >= 11 is 0. The molecular formula is C6H13BF4N3-. The van der Waals surface area contributed by atoms with Crippen molar-refractivity contribution in [3.05, 3.63) is 12.4 Å². The van der Waals surface area contributed by atoms with Crippen molar-refractivity contribution in [3.63, 3.8) is 0 Å². The molecule has 1 aliphatic rings. The molecule has 1 aliphatic heterocycles. The van der Waals surface area contributed by atoms with Crippen LogP contribution in [0.1, 0.15) is 6.92 Å². The molecule has 0 spiro atoms. The molecule has 0 atom stereocenters. The maximum Gasteiger partial charge on any atom is 0.673 e. The van der Waals surface area contributed by atoms with Crippen LogP contribution in [0.5, 0.6) is 0 Å². The molecule has 0 radical (unpaired) electrons. The van der Waals surface area contributed by atoms with Crippen molar-refractivity contribution >= 4 is 7.25 Å². The van der Waals surface area contributed by atoms with Crippen LogP contribution < -0.4 is 5.43 Å². The third-order valence-corrected chi connectivity index (χ3v) is 1.24. The molecule has 0 saturated heterocycles. The minimum Gasteiger partial charge on any atom is -0.418 e. The molecule has 0 aromatic heterocycles. The van der Waals surface area contributed by atoms with Gasteiger partial charge in [0.25, 0.3) is 0 Å². The first-order chi connectivity index (χ1) is 6.33. The fraction of sp³-hybridized carbons (Fsp3) is 0.667. The second-order valence-corrected chi connectivity index (χ2v) is 2.67. The van der Waals surface area contributed by atoms with E-state index < -0.39 is 7.25 Å². The lowest BCUT2D eigenvalue weighted by molar-refractivity contribution is 0.229. The first-order valence-electron chi connectivity index (χ1n) is 4.09. The van der Waals surface area contributed by atoms with Crippen molar-refractivity contribution in [2.24, 2.45) is 0 Å². The summed E-state index contributed by atoms with van der Waals surface area (Å²) in [5, 5.41) is 2.06. The Morgan fingerprint density at radius 3 is 2.07 bits per heavy atom. The Bertz CT molecular complexity index is 178. The quantitative estimate of drug-likeness (QED) is 0.554. The smallest absolute Gasteiger partial charge is 0.418 e. The lowest BCUT2D eigenvalue weighted by atomic mass is 10.3. The molecule has 8 heteroatoms. The van der Waals surface area contributed by atoms with Crippen molar-refractivity contribution in [1.82, 2.24) is 15.3 Å². The molecule has 0 aromatic carbocycles. The van der Waals surface area contributed by atoms with Crippen LogP contribution in [0.4, 0.5) is 17.3 Å². The first kappa shape index (κ1) is 13.1. The summed E-state index contributed by atoms with van der Waals surface area (Å²) in [5.41, 5.74) is 3.18. The van der Waals surface area contributed by atoms with Gasteiger partial charge in [-0.2, -0.15) is 0 Å². The Kier molecular flexibility index (Phi) is 5.36. The van der Waals surface area contributed by atoms with E-state index in [4.69, 9.17) is 0 Å². The number of hydrazine groups is 1. The Labute approximate surface area is 80.4 Å². The summed E-state index contributed by atoms with van der Waals surface area (Å²) in [7, 11) is -3.95. The number of halogens is 4. The van der Waals surface area contributed by atoms with Gasteiger partial charge in [-0.1, -0.05) is 6.92 Å². The highest BCUT2D eigenvalue weighted by atomic mass is 19.5. The Hall–Kier alpha value is -0.915. The van der Waals surface area contributed by atoms with Gasteiger partial charge in [0.15, 0.2) is 0 Å². The third-order valence-electron chi connectivity index (χ3n) is 1.24. The molecule has 3 nitrogen and oxygen atoms in total. The number of hydrogen-bond acceptors (Lipinski definition) is 3. The fourth-order valence-corrected chi connectivity index (χ4v) is 0.835. The third kappa shape index (κ3) is 9.18. The van der Waals surface area contributed by atoms with Crippen molar-refractivity contribution < 1.29 is 17.3 Å². The van der Waals surface area contributed by atoms with Gasteiger partial charge in [-0.25, -0.2) is 5.43 Å². The molecule has 1 N–H and O–H groups in total. The fourth-order valence-electron chi connectivity index (χ4n) is 0.835. The van der Waals surface area contributed by atoms with Gasteiger partial charge in [0.1, 0.15) is 6.67 Å². The van der Waals surface area contributed by atoms with Crippen molar-refractivity contribution in [2.45, 2.75) is 6.92 Å². The lowest BCUT2D eigenvalue weighted by Gasteiger charge is -2.17. The van der Waals surface area contributed by atoms with Gasteiger partial charge in [-0.05, 0) is 0 Å². The van der Waals surface area contributed by atoms with E-state index in [1.165, 1.54) is 0 Å². The van der Waals surface area contributed by atoms with Gasteiger partial charge in [0, 0.05) is 26.0 Å². The van der Waals surface area contributed by atoms with Crippen LogP contribution in [0.25, 0.3) is 0 Å². The number of nitrogens with zero attached hydrogens (tertiary/aromatic N) is 2. The van der Waals surface area contributed by atoms with Crippen molar-refractivity contribution in [1.29, 1.82) is 0 Å². The zero-order valence-corrected chi connectivity index (χ0v) is 8.05. The van der Waals surface area contributed by atoms with Gasteiger partial charge in [-0.15, -0.1) is 0 Å². The molecule has 0 amide bonds. The van der Waals surface area contributed by atoms with Crippen molar-refractivity contribution in [3.8, 4) is 0 Å². The van der Waals surface area contributed by atoms with E-state index in [9.17, 15) is 17.3 Å². The second kappa shape index (κ2) is 5.74. The minimum atomic E-state index is -6.00. The van der Waals surface area contributed by atoms with Crippen LogP contribution in [-0.4, -0.2) is 37.4 Å². The summed E-state index contributed by atoms with van der Waals surface area (Å²) in [5.74, 6) is 0. The Morgan fingerprint density at radius 2 is 1.79 bits per heavy atom. The van der Waals surface area contributed by atoms with E-state index in [1.54, 1.807) is 0 Å². The highest BCUT2D eigenvalue weighted by Gasteiger charge is 2.20. The van der Waals surface area contributed by atoms with Crippen LogP contribution in [-0.2, 0) is 0 Å². The normalized spacial score (nSPS) is 15.6. The van der Waals surface area contributed by atoms with Gasteiger partial charge >= 0.3 is 7.25 Å². The maximum absolute atomic E-state index is 9.75. The van der Waals surface area contributed by atoms with E-state index in [0.29, 0.717) is 0 Å². The molecular weight excluding hydrogens is 201 g/mol. The van der Waals surface area contributed by atoms with Gasteiger partial charge in [0.2, 0.25) is 0 Å². The average molecular weight is 214 g/mol. The van der Waals surface area contributed by atoms with Crippen LogP contribution in [0, 0.1) is 0 Å². The predicted molar refractivity (Wildman–Crippen MR) is 47.5 cm³/mol. The van der Waals surface area contributed by atoms with E-state index in [2.05, 4.69) is 22.3 Å². The summed E-state index contributed by atoms with van der Waals surface area (Å²) in [6.07, 6.45) is 4.08. The molecule has 0 unspecified atom stereocenters. The Balaban J connectivity index is 0.000000292. The summed E-state index contributed by atoms with van der Waals surface area (Å²) in [6.45, 7) is 4.03. The predicted octanol–water partition coefficient (Wildman–Crippen LogP) is 1.49. The molecule has 1 rings (SSSR count). The van der Waals surface area contributed by atoms with Crippen molar-refractivity contribution in [2.75, 3.05) is 20.3 Å². The number of hydrogen-bond donors (Lipinski definition) is 1. The molecule has 0 bridgehead atoms. The van der Waals surface area contributed by atoms with Gasteiger partial charge < -0.3 is 22.2 Å². The zero-order valence-electron chi connectivity index (χ0n) is 8.05. The van der Waals surface area contributed by atoms with Crippen LogP contribution in [0.3, 0.4) is 0 Å². The molecule has 0 fully saturated rings. The van der Waals surface area contributed by atoms with Gasteiger partial charge in [0.05, 0.1) is 0 Å². The van der Waals surface area contributed by atoms with E-state index in [1.807, 2.05) is 19.4 Å². The van der Waals surface area contributed by atoms with Crippen LogP contribution >= 0.6 is 0 Å². The number of nitrogens with one attached hydrogen (secondary N) is 1. The van der Waals surface area contributed by atoms with E-state index >= 15 is 0 Å². The van der Waals surface area contributed by atoms with Gasteiger partial charge in [-0.3, -0.25) is 5.01 Å². The molecule has 0 aromatic rings. The van der Waals surface area contributed by atoms with E-state index in [0.717, 1.165) is 13.2 Å².